The van der Waals surface area contributed by atoms with Crippen molar-refractivity contribution in [2.45, 2.75) is 45.4 Å². The van der Waals surface area contributed by atoms with E-state index in [4.69, 9.17) is 0 Å². The maximum absolute atomic E-state index is 12.5. The third-order valence-electron chi connectivity index (χ3n) is 4.45. The number of aryl methyl sites for hydroxylation is 1. The monoisotopic (exact) mass is 283 g/mol. The van der Waals surface area contributed by atoms with Crippen LogP contribution in [0.4, 0.5) is 5.69 Å². The topological polar surface area (TPSA) is 37.4 Å². The highest BCUT2D eigenvalue weighted by atomic mass is 16.2. The van der Waals surface area contributed by atoms with Crippen LogP contribution in [0.1, 0.15) is 44.1 Å². The van der Waals surface area contributed by atoms with Crippen LogP contribution in [0, 0.1) is 12.8 Å². The minimum Gasteiger partial charge on any atom is -0.274 e. The van der Waals surface area contributed by atoms with Crippen molar-refractivity contribution in [2.75, 3.05) is 4.90 Å². The summed E-state index contributed by atoms with van der Waals surface area (Å²) in [6.07, 6.45) is 8.38. The van der Waals surface area contributed by atoms with Gasteiger partial charge in [0, 0.05) is 5.57 Å². The van der Waals surface area contributed by atoms with Crippen LogP contribution in [0.15, 0.2) is 35.9 Å². The number of carbonyl (C=O) groups excluding carboxylic acids is 2. The molecule has 1 aromatic carbocycles. The fraction of sp³-hybridized carbons (Fsp3) is 0.444. The second kappa shape index (κ2) is 5.84. The number of amides is 2. The van der Waals surface area contributed by atoms with E-state index in [9.17, 15) is 9.59 Å². The first-order valence-corrected chi connectivity index (χ1v) is 7.80. The molecule has 0 radical (unpaired) electrons. The zero-order chi connectivity index (χ0) is 14.8. The van der Waals surface area contributed by atoms with Gasteiger partial charge in [-0.05, 0) is 37.8 Å². The lowest BCUT2D eigenvalue weighted by Gasteiger charge is -2.18. The molecule has 0 bridgehead atoms. The second-order valence-electron chi connectivity index (χ2n) is 6.14. The number of rotatable bonds is 2. The van der Waals surface area contributed by atoms with Crippen LogP contribution in [-0.2, 0) is 9.59 Å². The number of anilines is 1. The Hall–Kier alpha value is -1.90. The van der Waals surface area contributed by atoms with Gasteiger partial charge in [-0.3, -0.25) is 9.59 Å². The molecule has 2 amide bonds. The van der Waals surface area contributed by atoms with Gasteiger partial charge in [-0.15, -0.1) is 0 Å². The number of imide groups is 1. The molecule has 3 heteroatoms. The van der Waals surface area contributed by atoms with Gasteiger partial charge in [-0.2, -0.15) is 0 Å². The fourth-order valence-electron chi connectivity index (χ4n) is 3.25. The second-order valence-corrected chi connectivity index (χ2v) is 6.14. The third kappa shape index (κ3) is 2.92. The molecule has 1 heterocycles. The van der Waals surface area contributed by atoms with E-state index in [0.717, 1.165) is 18.4 Å². The van der Waals surface area contributed by atoms with Gasteiger partial charge in [0.1, 0.15) is 0 Å². The lowest BCUT2D eigenvalue weighted by atomic mass is 9.87. The van der Waals surface area contributed by atoms with Crippen LogP contribution < -0.4 is 4.90 Å². The Morgan fingerprint density at radius 3 is 2.38 bits per heavy atom. The van der Waals surface area contributed by atoms with Crippen LogP contribution in [0.25, 0.3) is 0 Å². The van der Waals surface area contributed by atoms with Crippen molar-refractivity contribution in [3.63, 3.8) is 0 Å². The van der Waals surface area contributed by atoms with Crippen LogP contribution in [0.3, 0.4) is 0 Å². The molecule has 0 aromatic heterocycles. The van der Waals surface area contributed by atoms with E-state index in [1.165, 1.54) is 24.2 Å². The summed E-state index contributed by atoms with van der Waals surface area (Å²) in [7, 11) is 0. The molecule has 2 aliphatic rings. The number of hydrogen-bond acceptors (Lipinski definition) is 2. The SMILES string of the molecule is Cc1ccc(N2C(=O)CC(=CC3CCCCC3)C2=O)cc1. The van der Waals surface area contributed by atoms with E-state index < -0.39 is 0 Å². The number of carbonyl (C=O) groups is 2. The highest BCUT2D eigenvalue weighted by Gasteiger charge is 2.35. The standard InChI is InChI=1S/C18H21NO2/c1-13-7-9-16(10-8-13)19-17(20)12-15(18(19)21)11-14-5-3-2-4-6-14/h7-11,14H,2-6,12H2,1H3. The molecule has 0 N–H and O–H groups in total. The summed E-state index contributed by atoms with van der Waals surface area (Å²) in [5.41, 5.74) is 2.49. The maximum Gasteiger partial charge on any atom is 0.261 e. The van der Waals surface area contributed by atoms with Crippen molar-refractivity contribution in [1.29, 1.82) is 0 Å². The Labute approximate surface area is 125 Å². The average molecular weight is 283 g/mol. The van der Waals surface area contributed by atoms with Crippen molar-refractivity contribution < 1.29 is 9.59 Å². The van der Waals surface area contributed by atoms with Crippen LogP contribution in [-0.4, -0.2) is 11.8 Å². The highest BCUT2D eigenvalue weighted by Crippen LogP contribution is 2.31. The summed E-state index contributed by atoms with van der Waals surface area (Å²) in [5, 5.41) is 0. The van der Waals surface area contributed by atoms with Gasteiger partial charge in [0.25, 0.3) is 5.91 Å². The van der Waals surface area contributed by atoms with Gasteiger partial charge in [0.05, 0.1) is 12.1 Å². The first-order valence-electron chi connectivity index (χ1n) is 7.80. The van der Waals surface area contributed by atoms with E-state index in [1.807, 2.05) is 31.2 Å². The first kappa shape index (κ1) is 14.1. The van der Waals surface area contributed by atoms with E-state index >= 15 is 0 Å². The predicted molar refractivity (Wildman–Crippen MR) is 82.9 cm³/mol. The maximum atomic E-state index is 12.5. The minimum absolute atomic E-state index is 0.106. The summed E-state index contributed by atoms with van der Waals surface area (Å²) in [6.45, 7) is 1.99. The van der Waals surface area contributed by atoms with Crippen LogP contribution in [0.5, 0.6) is 0 Å². The van der Waals surface area contributed by atoms with Gasteiger partial charge >= 0.3 is 0 Å². The molecule has 0 unspecified atom stereocenters. The van der Waals surface area contributed by atoms with Gasteiger partial charge in [-0.1, -0.05) is 43.0 Å². The van der Waals surface area contributed by atoms with Crippen molar-refractivity contribution in [1.82, 2.24) is 0 Å². The van der Waals surface area contributed by atoms with Crippen LogP contribution in [0.2, 0.25) is 0 Å². The molecule has 3 rings (SSSR count). The zero-order valence-corrected chi connectivity index (χ0v) is 12.5. The van der Waals surface area contributed by atoms with E-state index in [1.54, 1.807) is 0 Å². The molecule has 1 saturated heterocycles. The molecule has 2 fully saturated rings. The number of benzene rings is 1. The molecule has 1 aliphatic heterocycles. The van der Waals surface area contributed by atoms with E-state index in [-0.39, 0.29) is 18.2 Å². The summed E-state index contributed by atoms with van der Waals surface area (Å²) in [6, 6.07) is 7.54. The lowest BCUT2D eigenvalue weighted by Crippen LogP contribution is -2.28. The molecule has 3 nitrogen and oxygen atoms in total. The van der Waals surface area contributed by atoms with E-state index in [0.29, 0.717) is 17.2 Å². The molecular weight excluding hydrogens is 262 g/mol. The fourth-order valence-corrected chi connectivity index (χ4v) is 3.25. The number of allylic oxidation sites excluding steroid dienone is 1. The Morgan fingerprint density at radius 1 is 1.05 bits per heavy atom. The van der Waals surface area contributed by atoms with Crippen molar-refractivity contribution in [3.05, 3.63) is 41.5 Å². The first-order chi connectivity index (χ1) is 10.1. The third-order valence-corrected chi connectivity index (χ3v) is 4.45. The molecule has 1 aromatic rings. The molecule has 0 atom stereocenters. The van der Waals surface area contributed by atoms with Crippen molar-refractivity contribution in [2.24, 2.45) is 5.92 Å². The summed E-state index contributed by atoms with van der Waals surface area (Å²) >= 11 is 0. The molecule has 110 valence electrons. The molecule has 1 aliphatic carbocycles. The van der Waals surface area contributed by atoms with Gasteiger partial charge in [0.2, 0.25) is 5.91 Å². The van der Waals surface area contributed by atoms with E-state index in [2.05, 4.69) is 6.08 Å². The summed E-state index contributed by atoms with van der Waals surface area (Å²) in [5.74, 6) is 0.240. The normalized spacial score (nSPS) is 22.3. The van der Waals surface area contributed by atoms with Gasteiger partial charge in [-0.25, -0.2) is 4.90 Å². The largest absolute Gasteiger partial charge is 0.274 e. The lowest BCUT2D eigenvalue weighted by molar-refractivity contribution is -0.120. The Morgan fingerprint density at radius 2 is 1.71 bits per heavy atom. The van der Waals surface area contributed by atoms with Gasteiger partial charge < -0.3 is 0 Å². The number of hydrogen-bond donors (Lipinski definition) is 0. The van der Waals surface area contributed by atoms with Gasteiger partial charge in [0.15, 0.2) is 0 Å². The Kier molecular flexibility index (Phi) is 3.91. The van der Waals surface area contributed by atoms with Crippen LogP contribution >= 0.6 is 0 Å². The predicted octanol–water partition coefficient (Wildman–Crippen LogP) is 3.77. The van der Waals surface area contributed by atoms with Crippen molar-refractivity contribution in [3.8, 4) is 0 Å². The Bertz CT molecular complexity index is 580. The minimum atomic E-state index is -0.130. The quantitative estimate of drug-likeness (QED) is 0.612. The number of nitrogens with zero attached hydrogens (tertiary/aromatic N) is 1. The highest BCUT2D eigenvalue weighted by molar-refractivity contribution is 6.28. The average Bonchev–Trinajstić information content (AvgIpc) is 2.76. The smallest absolute Gasteiger partial charge is 0.261 e. The Balaban J connectivity index is 1.81. The zero-order valence-electron chi connectivity index (χ0n) is 12.5. The van der Waals surface area contributed by atoms with Crippen molar-refractivity contribution >= 4 is 17.5 Å². The molecule has 0 spiro atoms. The molecule has 1 saturated carbocycles. The summed E-state index contributed by atoms with van der Waals surface area (Å²) in [4.78, 5) is 26.0. The summed E-state index contributed by atoms with van der Waals surface area (Å²) < 4.78 is 0. The molecule has 21 heavy (non-hydrogen) atoms. The molecular formula is C18H21NO2.